The molecule has 0 spiro atoms. The van der Waals surface area contributed by atoms with Crippen molar-refractivity contribution in [2.45, 2.75) is 6.92 Å². The van der Waals surface area contributed by atoms with Crippen molar-refractivity contribution in [1.82, 2.24) is 4.98 Å². The highest BCUT2D eigenvalue weighted by Gasteiger charge is 2.15. The van der Waals surface area contributed by atoms with Gasteiger partial charge in [-0.1, -0.05) is 54.1 Å². The zero-order valence-corrected chi connectivity index (χ0v) is 16.8. The van der Waals surface area contributed by atoms with Gasteiger partial charge >= 0.3 is 5.63 Å². The molecule has 0 saturated heterocycles. The van der Waals surface area contributed by atoms with Crippen LogP contribution in [0.25, 0.3) is 33.1 Å². The van der Waals surface area contributed by atoms with Crippen LogP contribution in [-0.4, -0.2) is 10.9 Å². The second-order valence-corrected chi connectivity index (χ2v) is 7.39. The normalized spacial score (nSPS) is 11.0. The standard InChI is InChI=1S/C26H18N2O3/c1-16-10-13-23-21(14-16)26(30)31-25(28-23)20-8-4-5-9-22(20)27-24(29)19-12-11-17-6-2-3-7-18(17)15-19/h2-15H,1H3,(H,27,29). The number of para-hydroxylation sites is 1. The third kappa shape index (κ3) is 3.57. The molecule has 0 atom stereocenters. The van der Waals surface area contributed by atoms with Crippen LogP contribution in [0.4, 0.5) is 5.69 Å². The summed E-state index contributed by atoms with van der Waals surface area (Å²) >= 11 is 0. The Morgan fingerprint density at radius 1 is 0.871 bits per heavy atom. The van der Waals surface area contributed by atoms with E-state index in [1.165, 1.54) is 0 Å². The molecule has 1 amide bonds. The van der Waals surface area contributed by atoms with Crippen molar-refractivity contribution in [3.8, 4) is 11.5 Å². The summed E-state index contributed by atoms with van der Waals surface area (Å²) < 4.78 is 5.50. The van der Waals surface area contributed by atoms with Gasteiger partial charge in [0.15, 0.2) is 0 Å². The van der Waals surface area contributed by atoms with Gasteiger partial charge in [-0.15, -0.1) is 0 Å². The minimum atomic E-state index is -0.459. The number of fused-ring (bicyclic) bond motifs is 2. The molecule has 4 aromatic carbocycles. The van der Waals surface area contributed by atoms with Gasteiger partial charge < -0.3 is 9.73 Å². The average Bonchev–Trinajstić information content (AvgIpc) is 2.79. The number of rotatable bonds is 3. The van der Waals surface area contributed by atoms with Crippen LogP contribution in [0.1, 0.15) is 15.9 Å². The summed E-state index contributed by atoms with van der Waals surface area (Å²) in [5.74, 6) is -0.0901. The summed E-state index contributed by atoms with van der Waals surface area (Å²) in [6, 6.07) is 26.0. The van der Waals surface area contributed by atoms with Crippen molar-refractivity contribution in [2.75, 3.05) is 5.32 Å². The predicted octanol–water partition coefficient (Wildman–Crippen LogP) is 5.57. The lowest BCUT2D eigenvalue weighted by Crippen LogP contribution is -2.13. The van der Waals surface area contributed by atoms with Crippen LogP contribution in [0.2, 0.25) is 0 Å². The number of carbonyl (C=O) groups excluding carboxylic acids is 1. The van der Waals surface area contributed by atoms with Gasteiger partial charge in [-0.05, 0) is 54.1 Å². The molecular formula is C26H18N2O3. The maximum atomic E-state index is 12.9. The monoisotopic (exact) mass is 406 g/mol. The number of aryl methyl sites for hydroxylation is 1. The van der Waals surface area contributed by atoms with Crippen LogP contribution in [0.15, 0.2) is 94.1 Å². The maximum absolute atomic E-state index is 12.9. The van der Waals surface area contributed by atoms with Gasteiger partial charge in [-0.3, -0.25) is 4.79 Å². The number of aromatic nitrogens is 1. The molecule has 0 bridgehead atoms. The van der Waals surface area contributed by atoms with Gasteiger partial charge in [0.05, 0.1) is 22.2 Å². The Kier molecular flexibility index (Phi) is 4.56. The topological polar surface area (TPSA) is 72.2 Å². The molecule has 0 saturated carbocycles. The summed E-state index contributed by atoms with van der Waals surface area (Å²) in [5, 5.41) is 5.41. The van der Waals surface area contributed by atoms with Crippen molar-refractivity contribution in [3.05, 3.63) is 106 Å². The first-order valence-corrected chi connectivity index (χ1v) is 9.89. The summed E-state index contributed by atoms with van der Waals surface area (Å²) in [6.07, 6.45) is 0. The fraction of sp³-hybridized carbons (Fsp3) is 0.0385. The van der Waals surface area contributed by atoms with Crippen molar-refractivity contribution in [1.29, 1.82) is 0 Å². The minimum absolute atomic E-state index is 0.163. The van der Waals surface area contributed by atoms with E-state index < -0.39 is 5.63 Å². The van der Waals surface area contributed by atoms with Crippen molar-refractivity contribution in [3.63, 3.8) is 0 Å². The molecule has 1 aromatic heterocycles. The van der Waals surface area contributed by atoms with E-state index in [1.54, 1.807) is 30.3 Å². The molecule has 5 nitrogen and oxygen atoms in total. The van der Waals surface area contributed by atoms with E-state index in [1.807, 2.05) is 61.5 Å². The molecule has 5 heteroatoms. The Labute approximate surface area is 178 Å². The number of carbonyl (C=O) groups is 1. The molecule has 0 fully saturated rings. The smallest absolute Gasteiger partial charge is 0.347 e. The van der Waals surface area contributed by atoms with Crippen LogP contribution in [0.3, 0.4) is 0 Å². The Bertz CT molecular complexity index is 1520. The Morgan fingerprint density at radius 2 is 1.65 bits per heavy atom. The first-order chi connectivity index (χ1) is 15.1. The Hall–Kier alpha value is -4.25. The van der Waals surface area contributed by atoms with E-state index in [4.69, 9.17) is 4.42 Å². The van der Waals surface area contributed by atoms with Crippen LogP contribution in [-0.2, 0) is 0 Å². The van der Waals surface area contributed by atoms with Crippen LogP contribution < -0.4 is 10.9 Å². The molecule has 0 aliphatic rings. The first kappa shape index (κ1) is 18.8. The average molecular weight is 406 g/mol. The lowest BCUT2D eigenvalue weighted by Gasteiger charge is -2.11. The second kappa shape index (κ2) is 7.54. The van der Waals surface area contributed by atoms with E-state index >= 15 is 0 Å². The molecule has 31 heavy (non-hydrogen) atoms. The van der Waals surface area contributed by atoms with Gasteiger partial charge in [0.1, 0.15) is 0 Å². The Morgan fingerprint density at radius 3 is 2.52 bits per heavy atom. The highest BCUT2D eigenvalue weighted by atomic mass is 16.4. The van der Waals surface area contributed by atoms with Gasteiger partial charge in [-0.25, -0.2) is 9.78 Å². The number of nitrogens with one attached hydrogen (secondary N) is 1. The fourth-order valence-electron chi connectivity index (χ4n) is 3.60. The van der Waals surface area contributed by atoms with E-state index in [9.17, 15) is 9.59 Å². The zero-order chi connectivity index (χ0) is 21.4. The first-order valence-electron chi connectivity index (χ1n) is 9.89. The quantitative estimate of drug-likeness (QED) is 0.425. The molecule has 1 heterocycles. The van der Waals surface area contributed by atoms with Crippen LogP contribution in [0.5, 0.6) is 0 Å². The summed E-state index contributed by atoms with van der Waals surface area (Å²) in [4.78, 5) is 30.0. The van der Waals surface area contributed by atoms with Crippen LogP contribution in [0, 0.1) is 6.92 Å². The molecule has 1 N–H and O–H groups in total. The van der Waals surface area contributed by atoms with E-state index in [0.29, 0.717) is 27.7 Å². The number of amides is 1. The van der Waals surface area contributed by atoms with Crippen molar-refractivity contribution in [2.24, 2.45) is 0 Å². The van der Waals surface area contributed by atoms with Crippen molar-refractivity contribution >= 4 is 33.3 Å². The molecular weight excluding hydrogens is 388 g/mol. The Balaban J connectivity index is 1.53. The number of benzene rings is 4. The molecule has 5 rings (SSSR count). The third-order valence-electron chi connectivity index (χ3n) is 5.20. The zero-order valence-electron chi connectivity index (χ0n) is 16.8. The number of anilines is 1. The van der Waals surface area contributed by atoms with Gasteiger partial charge in [0.2, 0.25) is 5.89 Å². The highest BCUT2D eigenvalue weighted by Crippen LogP contribution is 2.27. The number of nitrogens with zero attached hydrogens (tertiary/aromatic N) is 1. The second-order valence-electron chi connectivity index (χ2n) is 7.39. The third-order valence-corrected chi connectivity index (χ3v) is 5.20. The molecule has 0 aliphatic heterocycles. The van der Waals surface area contributed by atoms with Gasteiger partial charge in [0.25, 0.3) is 5.91 Å². The van der Waals surface area contributed by atoms with Crippen LogP contribution >= 0.6 is 0 Å². The SMILES string of the molecule is Cc1ccc2nc(-c3ccccc3NC(=O)c3ccc4ccccc4c3)oc(=O)c2c1. The van der Waals surface area contributed by atoms with Gasteiger partial charge in [-0.2, -0.15) is 0 Å². The van der Waals surface area contributed by atoms with E-state index in [0.717, 1.165) is 16.3 Å². The van der Waals surface area contributed by atoms with Gasteiger partial charge in [0, 0.05) is 5.56 Å². The summed E-state index contributed by atoms with van der Waals surface area (Å²) in [5.41, 5.74) is 2.64. The molecule has 150 valence electrons. The molecule has 0 radical (unpaired) electrons. The number of hydrogen-bond acceptors (Lipinski definition) is 4. The summed E-state index contributed by atoms with van der Waals surface area (Å²) in [7, 11) is 0. The van der Waals surface area contributed by atoms with Crippen molar-refractivity contribution < 1.29 is 9.21 Å². The predicted molar refractivity (Wildman–Crippen MR) is 122 cm³/mol. The lowest BCUT2D eigenvalue weighted by atomic mass is 10.1. The van der Waals surface area contributed by atoms with E-state index in [2.05, 4.69) is 10.3 Å². The largest absolute Gasteiger partial charge is 0.403 e. The maximum Gasteiger partial charge on any atom is 0.347 e. The highest BCUT2D eigenvalue weighted by molar-refractivity contribution is 6.07. The molecule has 0 aliphatic carbocycles. The number of hydrogen-bond donors (Lipinski definition) is 1. The molecule has 5 aromatic rings. The molecule has 0 unspecified atom stereocenters. The summed E-state index contributed by atoms with van der Waals surface area (Å²) in [6.45, 7) is 1.91. The lowest BCUT2D eigenvalue weighted by molar-refractivity contribution is 0.102. The fourth-order valence-corrected chi connectivity index (χ4v) is 3.60. The minimum Gasteiger partial charge on any atom is -0.403 e. The van der Waals surface area contributed by atoms with E-state index in [-0.39, 0.29) is 11.8 Å².